The van der Waals surface area contributed by atoms with Crippen molar-refractivity contribution in [2.24, 2.45) is 11.3 Å². The van der Waals surface area contributed by atoms with E-state index in [4.69, 9.17) is 9.47 Å². The molecule has 1 spiro atoms. The van der Waals surface area contributed by atoms with E-state index in [-0.39, 0.29) is 26.6 Å². The van der Waals surface area contributed by atoms with Crippen LogP contribution in [0.4, 0.5) is 4.39 Å². The van der Waals surface area contributed by atoms with Gasteiger partial charge in [-0.1, -0.05) is 0 Å². The van der Waals surface area contributed by atoms with Gasteiger partial charge in [-0.25, -0.2) is 12.8 Å². The van der Waals surface area contributed by atoms with Gasteiger partial charge in [-0.15, -0.1) is 0 Å². The lowest BCUT2D eigenvalue weighted by atomic mass is 9.66. The van der Waals surface area contributed by atoms with Gasteiger partial charge in [0.05, 0.1) is 11.6 Å². The summed E-state index contributed by atoms with van der Waals surface area (Å²) in [5.74, 6) is -0.0349. The lowest BCUT2D eigenvalue weighted by Crippen LogP contribution is -2.68. The molecule has 2 heterocycles. The number of methoxy groups -OCH3 is 1. The number of hydrogen-bond acceptors (Lipinski definition) is 4. The first-order valence-electron chi connectivity index (χ1n) is 8.52. The van der Waals surface area contributed by atoms with Crippen LogP contribution < -0.4 is 4.74 Å². The van der Waals surface area contributed by atoms with Crippen LogP contribution in [0.5, 0.6) is 5.75 Å². The Morgan fingerprint density at radius 3 is 2.60 bits per heavy atom. The van der Waals surface area contributed by atoms with E-state index in [1.807, 2.05) is 0 Å². The summed E-state index contributed by atoms with van der Waals surface area (Å²) in [5.41, 5.74) is 0.0215. The standard InChI is InChI=1S/C17H21BrFNO4S/c1-23-14-8-12(18)13(19)9-15(14)25(21,22)20-10-17(4-6-24-7-5-17)16(20)11-2-3-11/h8-9,11,16H,2-7,10H2,1H3. The summed E-state index contributed by atoms with van der Waals surface area (Å²) in [6.45, 7) is 1.86. The molecule has 8 heteroatoms. The molecule has 5 nitrogen and oxygen atoms in total. The molecule has 1 aromatic rings. The Bertz CT molecular complexity index is 790. The molecule has 1 unspecified atom stereocenters. The first kappa shape index (κ1) is 17.7. The van der Waals surface area contributed by atoms with Gasteiger partial charge in [-0.3, -0.25) is 0 Å². The van der Waals surface area contributed by atoms with E-state index in [2.05, 4.69) is 15.9 Å². The first-order valence-corrected chi connectivity index (χ1v) is 10.7. The second kappa shape index (κ2) is 6.18. The maximum atomic E-state index is 14.0. The molecule has 2 aliphatic heterocycles. The summed E-state index contributed by atoms with van der Waals surface area (Å²) in [5, 5.41) is 0. The summed E-state index contributed by atoms with van der Waals surface area (Å²) in [7, 11) is -2.41. The van der Waals surface area contributed by atoms with Crippen LogP contribution in [-0.2, 0) is 14.8 Å². The zero-order valence-corrected chi connectivity index (χ0v) is 16.4. The van der Waals surface area contributed by atoms with E-state index >= 15 is 0 Å². The molecule has 3 aliphatic rings. The molecular weight excluding hydrogens is 413 g/mol. The van der Waals surface area contributed by atoms with E-state index in [1.165, 1.54) is 13.2 Å². The molecule has 138 valence electrons. The number of benzene rings is 1. The maximum Gasteiger partial charge on any atom is 0.247 e. The second-order valence-electron chi connectivity index (χ2n) is 7.22. The molecule has 25 heavy (non-hydrogen) atoms. The van der Waals surface area contributed by atoms with Gasteiger partial charge in [0, 0.05) is 31.2 Å². The van der Waals surface area contributed by atoms with Crippen LogP contribution in [0.2, 0.25) is 0 Å². The van der Waals surface area contributed by atoms with E-state index in [9.17, 15) is 12.8 Å². The van der Waals surface area contributed by atoms with Crippen molar-refractivity contribution in [3.05, 3.63) is 22.4 Å². The van der Waals surface area contributed by atoms with Crippen molar-refractivity contribution in [3.63, 3.8) is 0 Å². The highest BCUT2D eigenvalue weighted by Gasteiger charge is 2.61. The monoisotopic (exact) mass is 433 g/mol. The molecule has 1 saturated carbocycles. The lowest BCUT2D eigenvalue weighted by molar-refractivity contribution is -0.101. The van der Waals surface area contributed by atoms with Crippen LogP contribution >= 0.6 is 15.9 Å². The molecule has 0 radical (unpaired) electrons. The Balaban J connectivity index is 1.70. The third-order valence-corrected chi connectivity index (χ3v) is 8.21. The fourth-order valence-electron chi connectivity index (χ4n) is 4.31. The Morgan fingerprint density at radius 1 is 1.32 bits per heavy atom. The zero-order chi connectivity index (χ0) is 17.8. The number of halogens is 2. The molecule has 1 aliphatic carbocycles. The van der Waals surface area contributed by atoms with Crippen LogP contribution in [0.15, 0.2) is 21.5 Å². The van der Waals surface area contributed by atoms with E-state index in [0.717, 1.165) is 31.7 Å². The summed E-state index contributed by atoms with van der Waals surface area (Å²) in [6.07, 6.45) is 3.91. The molecule has 4 rings (SSSR count). The van der Waals surface area contributed by atoms with Crippen molar-refractivity contribution in [3.8, 4) is 5.75 Å². The van der Waals surface area contributed by atoms with Gasteiger partial charge < -0.3 is 9.47 Å². The quantitative estimate of drug-likeness (QED) is 0.731. The smallest absolute Gasteiger partial charge is 0.247 e. The molecule has 0 N–H and O–H groups in total. The fourth-order valence-corrected chi connectivity index (χ4v) is 6.65. The SMILES string of the molecule is COc1cc(Br)c(F)cc1S(=O)(=O)N1CC2(CCOCC2)C1C1CC1. The second-order valence-corrected chi connectivity index (χ2v) is 9.94. The zero-order valence-electron chi connectivity index (χ0n) is 14.0. The largest absolute Gasteiger partial charge is 0.495 e. The van der Waals surface area contributed by atoms with Crippen LogP contribution in [-0.4, -0.2) is 45.6 Å². The lowest BCUT2D eigenvalue weighted by Gasteiger charge is -2.58. The maximum absolute atomic E-state index is 14.0. The minimum atomic E-state index is -3.81. The number of nitrogens with zero attached hydrogens (tertiary/aromatic N) is 1. The topological polar surface area (TPSA) is 55.8 Å². The summed E-state index contributed by atoms with van der Waals surface area (Å²) in [4.78, 5) is -0.0942. The van der Waals surface area contributed by atoms with Gasteiger partial charge in [0.1, 0.15) is 16.5 Å². The molecular formula is C17H21BrFNO4S. The van der Waals surface area contributed by atoms with Crippen molar-refractivity contribution in [1.82, 2.24) is 4.31 Å². The van der Waals surface area contributed by atoms with Crippen molar-refractivity contribution in [2.45, 2.75) is 36.6 Å². The average molecular weight is 434 g/mol. The molecule has 3 fully saturated rings. The fraction of sp³-hybridized carbons (Fsp3) is 0.647. The Labute approximate surface area is 155 Å². The van der Waals surface area contributed by atoms with Crippen molar-refractivity contribution < 1.29 is 22.3 Å². The average Bonchev–Trinajstić information content (AvgIpc) is 3.40. The molecule has 0 bridgehead atoms. The minimum Gasteiger partial charge on any atom is -0.495 e. The van der Waals surface area contributed by atoms with Crippen LogP contribution in [0.25, 0.3) is 0 Å². The van der Waals surface area contributed by atoms with Gasteiger partial charge in [-0.05, 0) is 59.7 Å². The van der Waals surface area contributed by atoms with Gasteiger partial charge in [0.25, 0.3) is 0 Å². The van der Waals surface area contributed by atoms with Gasteiger partial charge in [0.15, 0.2) is 0 Å². The van der Waals surface area contributed by atoms with E-state index in [1.54, 1.807) is 4.31 Å². The Hall–Kier alpha value is -0.700. The number of sulfonamides is 1. The van der Waals surface area contributed by atoms with Crippen molar-refractivity contribution >= 4 is 26.0 Å². The number of hydrogen-bond donors (Lipinski definition) is 0. The van der Waals surface area contributed by atoms with Crippen molar-refractivity contribution in [1.29, 1.82) is 0 Å². The first-order chi connectivity index (χ1) is 11.9. The highest BCUT2D eigenvalue weighted by atomic mass is 79.9. The third kappa shape index (κ3) is 2.81. The van der Waals surface area contributed by atoms with Crippen LogP contribution in [0.3, 0.4) is 0 Å². The molecule has 1 aromatic carbocycles. The third-order valence-electron chi connectivity index (χ3n) is 5.76. The van der Waals surface area contributed by atoms with Gasteiger partial charge in [-0.2, -0.15) is 4.31 Å². The molecule has 0 amide bonds. The predicted molar refractivity (Wildman–Crippen MR) is 93.5 cm³/mol. The summed E-state index contributed by atoms with van der Waals surface area (Å²) < 4.78 is 53.0. The molecule has 0 aromatic heterocycles. The van der Waals surface area contributed by atoms with Gasteiger partial charge >= 0.3 is 0 Å². The summed E-state index contributed by atoms with van der Waals surface area (Å²) in [6, 6.07) is 2.42. The highest BCUT2D eigenvalue weighted by molar-refractivity contribution is 9.10. The van der Waals surface area contributed by atoms with E-state index < -0.39 is 15.8 Å². The molecule has 1 atom stereocenters. The Kier molecular flexibility index (Phi) is 4.38. The van der Waals surface area contributed by atoms with E-state index in [0.29, 0.717) is 25.7 Å². The minimum absolute atomic E-state index is 0.00202. The number of rotatable bonds is 4. The van der Waals surface area contributed by atoms with Crippen molar-refractivity contribution in [2.75, 3.05) is 26.9 Å². The number of ether oxygens (including phenoxy) is 2. The van der Waals surface area contributed by atoms with Crippen LogP contribution in [0.1, 0.15) is 25.7 Å². The Morgan fingerprint density at radius 2 is 2.00 bits per heavy atom. The molecule has 2 saturated heterocycles. The van der Waals surface area contributed by atoms with Crippen LogP contribution in [0, 0.1) is 17.2 Å². The highest BCUT2D eigenvalue weighted by Crippen LogP contribution is 2.56. The van der Waals surface area contributed by atoms with Gasteiger partial charge in [0.2, 0.25) is 10.0 Å². The predicted octanol–water partition coefficient (Wildman–Crippen LogP) is 3.18. The summed E-state index contributed by atoms with van der Waals surface area (Å²) >= 11 is 3.08. The normalized spacial score (nSPS) is 26.4.